The molecule has 1 aromatic carbocycles. The molecule has 0 fully saturated rings. The summed E-state index contributed by atoms with van der Waals surface area (Å²) in [6.45, 7) is 2.58. The van der Waals surface area contributed by atoms with Crippen LogP contribution < -0.4 is 5.32 Å². The van der Waals surface area contributed by atoms with Gasteiger partial charge in [-0.1, -0.05) is 19.1 Å². The zero-order valence-corrected chi connectivity index (χ0v) is 12.1. The van der Waals surface area contributed by atoms with E-state index in [0.29, 0.717) is 13.0 Å². The SMILES string of the molecule is CC(CC(=O)NCCc1ccncc1)c1ccc(F)cc1. The minimum atomic E-state index is -0.257. The molecule has 1 aromatic heterocycles. The average Bonchev–Trinajstić information content (AvgIpc) is 2.49. The largest absolute Gasteiger partial charge is 0.356 e. The number of carbonyl (C=O) groups is 1. The highest BCUT2D eigenvalue weighted by Gasteiger charge is 2.11. The van der Waals surface area contributed by atoms with Crippen LogP contribution in [0, 0.1) is 5.82 Å². The Morgan fingerprint density at radius 2 is 1.86 bits per heavy atom. The highest BCUT2D eigenvalue weighted by Crippen LogP contribution is 2.18. The fourth-order valence-corrected chi connectivity index (χ4v) is 2.16. The molecule has 1 unspecified atom stereocenters. The lowest BCUT2D eigenvalue weighted by Gasteiger charge is -2.12. The van der Waals surface area contributed by atoms with E-state index in [2.05, 4.69) is 10.3 Å². The molecule has 0 saturated heterocycles. The fourth-order valence-electron chi connectivity index (χ4n) is 2.16. The summed E-state index contributed by atoms with van der Waals surface area (Å²) in [5.41, 5.74) is 2.12. The van der Waals surface area contributed by atoms with Gasteiger partial charge in [0.2, 0.25) is 5.91 Å². The molecule has 0 aliphatic rings. The molecule has 0 saturated carbocycles. The van der Waals surface area contributed by atoms with Crippen LogP contribution in [-0.2, 0) is 11.2 Å². The lowest BCUT2D eigenvalue weighted by Crippen LogP contribution is -2.26. The van der Waals surface area contributed by atoms with Crippen molar-refractivity contribution in [1.82, 2.24) is 10.3 Å². The minimum Gasteiger partial charge on any atom is -0.356 e. The highest BCUT2D eigenvalue weighted by molar-refractivity contribution is 5.76. The Morgan fingerprint density at radius 3 is 2.52 bits per heavy atom. The van der Waals surface area contributed by atoms with E-state index < -0.39 is 0 Å². The second-order valence-corrected chi connectivity index (χ2v) is 5.11. The Bertz CT molecular complexity index is 569. The number of halogens is 1. The Kier molecular flexibility index (Phi) is 5.43. The topological polar surface area (TPSA) is 42.0 Å². The van der Waals surface area contributed by atoms with Crippen LogP contribution in [0.2, 0.25) is 0 Å². The molecule has 1 N–H and O–H groups in total. The molecule has 21 heavy (non-hydrogen) atoms. The van der Waals surface area contributed by atoms with E-state index >= 15 is 0 Å². The van der Waals surface area contributed by atoms with Gasteiger partial charge in [-0.3, -0.25) is 9.78 Å². The predicted octanol–water partition coefficient (Wildman–Crippen LogP) is 3.07. The first-order chi connectivity index (χ1) is 10.1. The van der Waals surface area contributed by atoms with Crippen LogP contribution in [0.15, 0.2) is 48.8 Å². The fraction of sp³-hybridized carbons (Fsp3) is 0.294. The summed E-state index contributed by atoms with van der Waals surface area (Å²) in [5.74, 6) is -0.167. The number of rotatable bonds is 6. The second-order valence-electron chi connectivity index (χ2n) is 5.11. The normalized spacial score (nSPS) is 11.9. The molecule has 1 atom stereocenters. The number of carbonyl (C=O) groups excluding carboxylic acids is 1. The van der Waals surface area contributed by atoms with Gasteiger partial charge in [-0.25, -0.2) is 4.39 Å². The standard InChI is InChI=1S/C17H19FN2O/c1-13(15-2-4-16(18)5-3-15)12-17(21)20-11-8-14-6-9-19-10-7-14/h2-7,9-10,13H,8,11-12H2,1H3,(H,20,21). The van der Waals surface area contributed by atoms with Gasteiger partial charge >= 0.3 is 0 Å². The first kappa shape index (κ1) is 15.2. The summed E-state index contributed by atoms with van der Waals surface area (Å²) < 4.78 is 12.9. The Morgan fingerprint density at radius 1 is 1.19 bits per heavy atom. The second kappa shape index (κ2) is 7.53. The monoisotopic (exact) mass is 286 g/mol. The van der Waals surface area contributed by atoms with E-state index in [9.17, 15) is 9.18 Å². The van der Waals surface area contributed by atoms with Crippen molar-refractivity contribution in [3.8, 4) is 0 Å². The van der Waals surface area contributed by atoms with Crippen molar-refractivity contribution in [2.75, 3.05) is 6.54 Å². The summed E-state index contributed by atoms with van der Waals surface area (Å²) in [6, 6.07) is 10.2. The smallest absolute Gasteiger partial charge is 0.220 e. The number of hydrogen-bond donors (Lipinski definition) is 1. The number of nitrogens with zero attached hydrogens (tertiary/aromatic N) is 1. The first-order valence-corrected chi connectivity index (χ1v) is 7.06. The summed E-state index contributed by atoms with van der Waals surface area (Å²) in [4.78, 5) is 15.8. The molecule has 0 radical (unpaired) electrons. The lowest BCUT2D eigenvalue weighted by molar-refractivity contribution is -0.121. The number of benzene rings is 1. The molecule has 2 rings (SSSR count). The van der Waals surface area contributed by atoms with E-state index in [4.69, 9.17) is 0 Å². The molecular weight excluding hydrogens is 267 g/mol. The van der Waals surface area contributed by atoms with Crippen LogP contribution >= 0.6 is 0 Å². The van der Waals surface area contributed by atoms with Gasteiger partial charge in [-0.2, -0.15) is 0 Å². The number of hydrogen-bond acceptors (Lipinski definition) is 2. The van der Waals surface area contributed by atoms with Gasteiger partial charge in [0.25, 0.3) is 0 Å². The van der Waals surface area contributed by atoms with Crippen LogP contribution in [0.25, 0.3) is 0 Å². The number of pyridine rings is 1. The third-order valence-electron chi connectivity index (χ3n) is 3.42. The van der Waals surface area contributed by atoms with Crippen molar-refractivity contribution >= 4 is 5.91 Å². The zero-order valence-electron chi connectivity index (χ0n) is 12.1. The van der Waals surface area contributed by atoms with E-state index in [0.717, 1.165) is 17.5 Å². The summed E-state index contributed by atoms with van der Waals surface area (Å²) in [7, 11) is 0. The molecule has 3 nitrogen and oxygen atoms in total. The number of aromatic nitrogens is 1. The number of nitrogens with one attached hydrogen (secondary N) is 1. The average molecular weight is 286 g/mol. The van der Waals surface area contributed by atoms with Gasteiger partial charge in [0, 0.05) is 25.4 Å². The Labute approximate surface area is 124 Å². The van der Waals surface area contributed by atoms with Crippen LogP contribution in [0.3, 0.4) is 0 Å². The van der Waals surface area contributed by atoms with Crippen molar-refractivity contribution in [2.45, 2.75) is 25.7 Å². The lowest BCUT2D eigenvalue weighted by atomic mass is 9.97. The third kappa shape index (κ3) is 4.99. The maximum Gasteiger partial charge on any atom is 0.220 e. The van der Waals surface area contributed by atoms with Crippen LogP contribution in [0.5, 0.6) is 0 Å². The van der Waals surface area contributed by atoms with Gasteiger partial charge in [0.15, 0.2) is 0 Å². The van der Waals surface area contributed by atoms with Gasteiger partial charge < -0.3 is 5.32 Å². The van der Waals surface area contributed by atoms with Gasteiger partial charge in [0.1, 0.15) is 5.82 Å². The summed E-state index contributed by atoms with van der Waals surface area (Å²) in [5, 5.41) is 2.91. The van der Waals surface area contributed by atoms with Crippen molar-refractivity contribution in [3.63, 3.8) is 0 Å². The molecule has 2 aromatic rings. The Hall–Kier alpha value is -2.23. The van der Waals surface area contributed by atoms with E-state index in [1.54, 1.807) is 24.5 Å². The molecule has 0 aliphatic carbocycles. The maximum atomic E-state index is 12.9. The van der Waals surface area contributed by atoms with Crippen molar-refractivity contribution < 1.29 is 9.18 Å². The zero-order chi connectivity index (χ0) is 15.1. The maximum absolute atomic E-state index is 12.9. The molecule has 0 aliphatic heterocycles. The number of amides is 1. The van der Waals surface area contributed by atoms with Crippen molar-refractivity contribution in [3.05, 3.63) is 65.7 Å². The van der Waals surface area contributed by atoms with E-state index in [1.807, 2.05) is 19.1 Å². The first-order valence-electron chi connectivity index (χ1n) is 7.06. The molecular formula is C17H19FN2O. The molecule has 1 heterocycles. The molecule has 1 amide bonds. The quantitative estimate of drug-likeness (QED) is 0.886. The van der Waals surface area contributed by atoms with Crippen LogP contribution in [0.4, 0.5) is 4.39 Å². The Balaban J connectivity index is 1.75. The van der Waals surface area contributed by atoms with Gasteiger partial charge in [0.05, 0.1) is 0 Å². The molecule has 110 valence electrons. The van der Waals surface area contributed by atoms with E-state index in [-0.39, 0.29) is 17.6 Å². The van der Waals surface area contributed by atoms with E-state index in [1.165, 1.54) is 12.1 Å². The van der Waals surface area contributed by atoms with Crippen LogP contribution in [-0.4, -0.2) is 17.4 Å². The summed E-state index contributed by atoms with van der Waals surface area (Å²) >= 11 is 0. The summed E-state index contributed by atoms with van der Waals surface area (Å²) in [6.07, 6.45) is 4.68. The van der Waals surface area contributed by atoms with Gasteiger partial charge in [-0.15, -0.1) is 0 Å². The van der Waals surface area contributed by atoms with Crippen molar-refractivity contribution in [2.24, 2.45) is 0 Å². The minimum absolute atomic E-state index is 0.0147. The van der Waals surface area contributed by atoms with Crippen molar-refractivity contribution in [1.29, 1.82) is 0 Å². The third-order valence-corrected chi connectivity index (χ3v) is 3.42. The van der Waals surface area contributed by atoms with Crippen LogP contribution in [0.1, 0.15) is 30.4 Å². The molecule has 0 bridgehead atoms. The molecule has 4 heteroatoms. The van der Waals surface area contributed by atoms with Gasteiger partial charge in [-0.05, 0) is 47.7 Å². The molecule has 0 spiro atoms. The highest BCUT2D eigenvalue weighted by atomic mass is 19.1. The predicted molar refractivity (Wildman–Crippen MR) is 80.4 cm³/mol.